The van der Waals surface area contributed by atoms with E-state index in [2.05, 4.69) is 10.2 Å². The van der Waals surface area contributed by atoms with Crippen molar-refractivity contribution in [2.75, 3.05) is 33.9 Å². The van der Waals surface area contributed by atoms with Crippen LogP contribution in [0.4, 0.5) is 13.2 Å². The van der Waals surface area contributed by atoms with E-state index in [1.165, 1.54) is 17.0 Å². The van der Waals surface area contributed by atoms with E-state index >= 15 is 0 Å². The van der Waals surface area contributed by atoms with Gasteiger partial charge in [-0.15, -0.1) is 0 Å². The van der Waals surface area contributed by atoms with Crippen LogP contribution in [0.2, 0.25) is 0 Å². The number of halogens is 3. The maximum atomic E-state index is 14.2. The Labute approximate surface area is 224 Å². The molecule has 0 spiro atoms. The monoisotopic (exact) mass is 540 g/mol. The third-order valence-corrected chi connectivity index (χ3v) is 8.01. The molecular weight excluding hydrogens is 509 g/mol. The average Bonchev–Trinajstić information content (AvgIpc) is 3.40. The number of azo groups is 1. The number of pyridine rings is 1. The highest BCUT2D eigenvalue weighted by Crippen LogP contribution is 2.46. The summed E-state index contributed by atoms with van der Waals surface area (Å²) in [5.41, 5.74) is 0.388. The molecule has 0 bridgehead atoms. The van der Waals surface area contributed by atoms with Gasteiger partial charge in [-0.3, -0.25) is 8.97 Å². The van der Waals surface area contributed by atoms with Gasteiger partial charge in [-0.25, -0.2) is 9.37 Å². The SMILES string of the molecule is CN(Cc1cc(C(F)(F)F)c2cn(-c3cccc([C@H]([C]4N=NC=[N+]4C)C4CCC4)c3)c(=O)n2c1)CC1COC1. The number of ether oxygens (including phenoxy) is 1. The average molecular weight is 541 g/mol. The fraction of sp³-hybridized carbons (Fsp3) is 0.464. The molecule has 2 aliphatic heterocycles. The zero-order valence-corrected chi connectivity index (χ0v) is 21.9. The van der Waals surface area contributed by atoms with Gasteiger partial charge in [0.25, 0.3) is 0 Å². The minimum Gasteiger partial charge on any atom is -0.381 e. The van der Waals surface area contributed by atoms with Crippen LogP contribution in [0, 0.1) is 18.0 Å². The largest absolute Gasteiger partial charge is 0.418 e. The Morgan fingerprint density at radius 3 is 2.62 bits per heavy atom. The summed E-state index contributed by atoms with van der Waals surface area (Å²) in [7, 11) is 3.77. The third kappa shape index (κ3) is 4.93. The minimum absolute atomic E-state index is 0.00660. The quantitative estimate of drug-likeness (QED) is 0.389. The fourth-order valence-electron chi connectivity index (χ4n) is 5.80. The number of fused-ring (bicyclic) bond motifs is 1. The van der Waals surface area contributed by atoms with Gasteiger partial charge in [0, 0.05) is 31.4 Å². The van der Waals surface area contributed by atoms with Gasteiger partial charge >= 0.3 is 24.4 Å². The van der Waals surface area contributed by atoms with Gasteiger partial charge in [0.2, 0.25) is 0 Å². The molecule has 1 atom stereocenters. The topological polar surface area (TPSA) is 66.6 Å². The van der Waals surface area contributed by atoms with Crippen LogP contribution < -0.4 is 5.69 Å². The molecule has 4 heterocycles. The molecule has 11 heteroatoms. The van der Waals surface area contributed by atoms with Crippen molar-refractivity contribution in [1.82, 2.24) is 13.9 Å². The molecule has 205 valence electrons. The van der Waals surface area contributed by atoms with Crippen molar-refractivity contribution in [1.29, 1.82) is 0 Å². The van der Waals surface area contributed by atoms with Gasteiger partial charge in [0.05, 0.1) is 48.1 Å². The number of hydrogen-bond acceptors (Lipinski definition) is 5. The van der Waals surface area contributed by atoms with Gasteiger partial charge in [-0.05, 0) is 60.2 Å². The van der Waals surface area contributed by atoms with Gasteiger partial charge in [0.1, 0.15) is 0 Å². The van der Waals surface area contributed by atoms with Crippen LogP contribution in [-0.4, -0.2) is 58.6 Å². The number of alkyl halides is 3. The Balaban J connectivity index is 1.39. The first-order chi connectivity index (χ1) is 18.7. The molecule has 39 heavy (non-hydrogen) atoms. The third-order valence-electron chi connectivity index (χ3n) is 8.01. The molecule has 1 aliphatic carbocycles. The first kappa shape index (κ1) is 25.9. The molecular formula is C28H31F3N6O2+. The molecule has 1 saturated carbocycles. The van der Waals surface area contributed by atoms with E-state index in [0.29, 0.717) is 42.8 Å². The van der Waals surface area contributed by atoms with Crippen LogP contribution in [0.1, 0.15) is 41.9 Å². The summed E-state index contributed by atoms with van der Waals surface area (Å²) in [6.45, 7) is 2.34. The van der Waals surface area contributed by atoms with E-state index in [1.807, 2.05) is 41.8 Å². The molecule has 6 rings (SSSR count). The molecule has 1 radical (unpaired) electrons. The van der Waals surface area contributed by atoms with Crippen LogP contribution >= 0.6 is 0 Å². The number of imidazole rings is 1. The summed E-state index contributed by atoms with van der Waals surface area (Å²) >= 11 is 0. The van der Waals surface area contributed by atoms with Gasteiger partial charge in [-0.1, -0.05) is 18.6 Å². The minimum atomic E-state index is -4.61. The highest BCUT2D eigenvalue weighted by molar-refractivity contribution is 5.58. The van der Waals surface area contributed by atoms with E-state index in [1.54, 1.807) is 12.4 Å². The van der Waals surface area contributed by atoms with Crippen LogP contribution in [0.5, 0.6) is 0 Å². The Morgan fingerprint density at radius 2 is 2.00 bits per heavy atom. The molecule has 2 fully saturated rings. The lowest BCUT2D eigenvalue weighted by Crippen LogP contribution is -2.37. The highest BCUT2D eigenvalue weighted by atomic mass is 19.4. The smallest absolute Gasteiger partial charge is 0.381 e. The predicted molar refractivity (Wildman–Crippen MR) is 139 cm³/mol. The Bertz CT molecular complexity index is 1500. The number of hydrogen-bond donors (Lipinski definition) is 0. The normalized spacial score (nSPS) is 19.5. The van der Waals surface area contributed by atoms with Crippen molar-refractivity contribution in [3.05, 3.63) is 76.1 Å². The van der Waals surface area contributed by atoms with Crippen LogP contribution in [-0.2, 0) is 17.5 Å². The van der Waals surface area contributed by atoms with E-state index in [0.717, 1.165) is 48.0 Å². The molecule has 3 aromatic rings. The summed E-state index contributed by atoms with van der Waals surface area (Å²) in [6.07, 6.45) is 4.01. The Hall–Kier alpha value is -3.31. The molecule has 1 saturated heterocycles. The summed E-state index contributed by atoms with van der Waals surface area (Å²) in [4.78, 5) is 15.5. The zero-order valence-electron chi connectivity index (χ0n) is 21.9. The van der Waals surface area contributed by atoms with Crippen molar-refractivity contribution in [2.45, 2.75) is 37.9 Å². The maximum Gasteiger partial charge on any atom is 0.418 e. The van der Waals surface area contributed by atoms with Crippen LogP contribution in [0.3, 0.4) is 0 Å². The number of likely N-dealkylation sites (N-methyl/N-ethyl adjacent to an activating group) is 1. The van der Waals surface area contributed by atoms with Gasteiger partial charge < -0.3 is 9.64 Å². The van der Waals surface area contributed by atoms with E-state index < -0.39 is 17.4 Å². The van der Waals surface area contributed by atoms with Crippen molar-refractivity contribution in [2.24, 2.45) is 22.1 Å². The van der Waals surface area contributed by atoms with Crippen molar-refractivity contribution < 1.29 is 22.5 Å². The second-order valence-corrected chi connectivity index (χ2v) is 11.0. The molecule has 0 unspecified atom stereocenters. The molecule has 0 N–H and O–H groups in total. The molecule has 3 aliphatic rings. The highest BCUT2D eigenvalue weighted by Gasteiger charge is 2.42. The summed E-state index contributed by atoms with van der Waals surface area (Å²) in [5.74, 6) is 0.769. The maximum absolute atomic E-state index is 14.2. The summed E-state index contributed by atoms with van der Waals surface area (Å²) in [6, 6.07) is 8.63. The number of benzene rings is 1. The first-order valence-electron chi connectivity index (χ1n) is 13.2. The number of aromatic nitrogens is 2. The van der Waals surface area contributed by atoms with Gasteiger partial charge in [0.15, 0.2) is 0 Å². The lowest BCUT2D eigenvalue weighted by atomic mass is 9.71. The van der Waals surface area contributed by atoms with Crippen molar-refractivity contribution >= 4 is 11.9 Å². The lowest BCUT2D eigenvalue weighted by molar-refractivity contribution is -0.480. The van der Waals surface area contributed by atoms with Gasteiger partial charge in [-0.2, -0.15) is 13.2 Å². The number of nitrogens with zero attached hydrogens (tertiary/aromatic N) is 6. The first-order valence-corrected chi connectivity index (χ1v) is 13.2. The second-order valence-electron chi connectivity index (χ2n) is 11.0. The lowest BCUT2D eigenvalue weighted by Gasteiger charge is -2.34. The predicted octanol–water partition coefficient (Wildman–Crippen LogP) is 4.70. The standard InChI is InChI=1S/C28H31F3N6O2/c1-34(12-19-15-39-16-19)11-18-9-23(28(29,30)31)24-14-36(27(38)37(24)13-18)22-8-4-7-21(10-22)25(20-5-3-6-20)26-33-32-17-35(26)2/h4,7-10,13-14,17,19-20,25H,3,5-6,11-12,15-16H2,1-2H3/q+1/t25-/m1/s1. The molecule has 2 aromatic heterocycles. The molecule has 8 nitrogen and oxygen atoms in total. The zero-order chi connectivity index (χ0) is 27.3. The molecule has 1 aromatic carbocycles. The number of rotatable bonds is 8. The Morgan fingerprint density at radius 1 is 1.21 bits per heavy atom. The molecule has 0 amide bonds. The fourth-order valence-corrected chi connectivity index (χ4v) is 5.80. The van der Waals surface area contributed by atoms with E-state index in [-0.39, 0.29) is 11.4 Å². The summed E-state index contributed by atoms with van der Waals surface area (Å²) < 4.78 is 52.1. The van der Waals surface area contributed by atoms with E-state index in [9.17, 15) is 18.0 Å². The Kier molecular flexibility index (Phi) is 6.66. The van der Waals surface area contributed by atoms with Crippen LogP contribution in [0.25, 0.3) is 11.2 Å². The second kappa shape index (κ2) is 10.0. The van der Waals surface area contributed by atoms with E-state index in [4.69, 9.17) is 4.74 Å². The summed E-state index contributed by atoms with van der Waals surface area (Å²) in [5, 5.41) is 8.41. The van der Waals surface area contributed by atoms with Crippen LogP contribution in [0.15, 0.2) is 57.7 Å². The van der Waals surface area contributed by atoms with Crippen molar-refractivity contribution in [3.8, 4) is 5.69 Å². The van der Waals surface area contributed by atoms with Crippen molar-refractivity contribution in [3.63, 3.8) is 0 Å².